The van der Waals surface area contributed by atoms with Crippen molar-refractivity contribution in [3.8, 4) is 0 Å². The van der Waals surface area contributed by atoms with Crippen LogP contribution in [0.4, 0.5) is 5.69 Å². The van der Waals surface area contributed by atoms with Gasteiger partial charge in [-0.15, -0.1) is 0 Å². The average Bonchev–Trinajstić information content (AvgIpc) is 2.57. The highest BCUT2D eigenvalue weighted by Gasteiger charge is 2.24. The van der Waals surface area contributed by atoms with Gasteiger partial charge in [0.1, 0.15) is 0 Å². The second kappa shape index (κ2) is 8.45. The molecular weight excluding hydrogens is 296 g/mol. The molecule has 1 aromatic rings. The highest BCUT2D eigenvalue weighted by molar-refractivity contribution is 5.99. The summed E-state index contributed by atoms with van der Waals surface area (Å²) in [7, 11) is 1.61. The van der Waals surface area contributed by atoms with Gasteiger partial charge in [0.2, 0.25) is 11.8 Å². The molecule has 124 valence electrons. The smallest absolute Gasteiger partial charge is 0.247 e. The number of hydrogen-bond acceptors (Lipinski definition) is 4. The lowest BCUT2D eigenvalue weighted by Crippen LogP contribution is -2.47. The van der Waals surface area contributed by atoms with Crippen LogP contribution >= 0.6 is 0 Å². The molecule has 1 aliphatic rings. The number of methoxy groups -OCH3 is 1. The van der Waals surface area contributed by atoms with Crippen LogP contribution in [0.3, 0.4) is 0 Å². The Balaban J connectivity index is 2.02. The third kappa shape index (κ3) is 4.91. The van der Waals surface area contributed by atoms with Crippen molar-refractivity contribution in [2.24, 2.45) is 0 Å². The largest absolute Gasteiger partial charge is 0.382 e. The predicted octanol–water partition coefficient (Wildman–Crippen LogP) is 1.23. The molecule has 0 radical (unpaired) electrons. The first kappa shape index (κ1) is 17.2. The highest BCUT2D eigenvalue weighted by atomic mass is 16.5. The number of nitrogens with zero attached hydrogens (tertiary/aromatic N) is 1. The van der Waals surface area contributed by atoms with Gasteiger partial charge >= 0.3 is 0 Å². The van der Waals surface area contributed by atoms with Gasteiger partial charge < -0.3 is 19.7 Å². The summed E-state index contributed by atoms with van der Waals surface area (Å²) in [4.78, 5) is 25.8. The summed E-state index contributed by atoms with van der Waals surface area (Å²) in [6, 6.07) is 7.27. The van der Waals surface area contributed by atoms with Crippen LogP contribution in [0.2, 0.25) is 0 Å². The molecule has 0 aliphatic carbocycles. The zero-order valence-electron chi connectivity index (χ0n) is 13.3. The molecule has 0 spiro atoms. The van der Waals surface area contributed by atoms with E-state index in [4.69, 9.17) is 9.47 Å². The first-order valence-corrected chi connectivity index (χ1v) is 7.53. The fraction of sp³-hybridized carbons (Fsp3) is 0.412. The van der Waals surface area contributed by atoms with Crippen molar-refractivity contribution in [2.45, 2.75) is 12.5 Å². The molecule has 1 atom stereocenters. The highest BCUT2D eigenvalue weighted by Crippen LogP contribution is 2.17. The van der Waals surface area contributed by atoms with E-state index >= 15 is 0 Å². The maximum absolute atomic E-state index is 12.5. The molecule has 1 aromatic carbocycles. The molecule has 23 heavy (non-hydrogen) atoms. The third-order valence-corrected chi connectivity index (χ3v) is 3.65. The van der Waals surface area contributed by atoms with Crippen molar-refractivity contribution in [3.63, 3.8) is 0 Å². The molecule has 1 heterocycles. The van der Waals surface area contributed by atoms with Gasteiger partial charge in [0.05, 0.1) is 25.7 Å². The van der Waals surface area contributed by atoms with E-state index in [-0.39, 0.29) is 24.3 Å². The van der Waals surface area contributed by atoms with Crippen molar-refractivity contribution >= 4 is 17.5 Å². The second-order valence-electron chi connectivity index (χ2n) is 5.32. The molecule has 0 unspecified atom stereocenters. The van der Waals surface area contributed by atoms with Crippen LogP contribution < -0.4 is 5.32 Å². The number of ether oxygens (including phenoxy) is 2. The molecule has 0 bridgehead atoms. The number of benzene rings is 1. The van der Waals surface area contributed by atoms with Gasteiger partial charge in [-0.05, 0) is 17.7 Å². The molecule has 0 aromatic heterocycles. The molecular formula is C17H22N2O4. The van der Waals surface area contributed by atoms with Crippen molar-refractivity contribution in [1.82, 2.24) is 4.90 Å². The Kier molecular flexibility index (Phi) is 6.31. The Morgan fingerprint density at radius 2 is 2.26 bits per heavy atom. The maximum atomic E-state index is 12.5. The molecule has 0 saturated carbocycles. The minimum atomic E-state index is -0.295. The molecule has 1 saturated heterocycles. The quantitative estimate of drug-likeness (QED) is 0.801. The van der Waals surface area contributed by atoms with Crippen LogP contribution in [-0.2, 0) is 25.5 Å². The Bertz CT molecular complexity index is 571. The van der Waals surface area contributed by atoms with Crippen molar-refractivity contribution < 1.29 is 19.1 Å². The summed E-state index contributed by atoms with van der Waals surface area (Å²) >= 11 is 0. The third-order valence-electron chi connectivity index (χ3n) is 3.65. The lowest BCUT2D eigenvalue weighted by molar-refractivity contribution is -0.140. The first-order valence-electron chi connectivity index (χ1n) is 7.53. The second-order valence-corrected chi connectivity index (χ2v) is 5.32. The van der Waals surface area contributed by atoms with E-state index < -0.39 is 0 Å². The maximum Gasteiger partial charge on any atom is 0.247 e. The molecule has 2 rings (SSSR count). The topological polar surface area (TPSA) is 67.9 Å². The zero-order chi connectivity index (χ0) is 16.7. The standard InChI is InChI=1S/C17H22N2O4/c1-3-16(20)18-15-7-5-4-6-13(15)10-17(21)19-8-9-23-14(11-19)12-22-2/h3-7,14H,1,8-12H2,2H3,(H,18,20)/t14-/m0/s1. The minimum absolute atomic E-state index is 0.00899. The first-order chi connectivity index (χ1) is 11.1. The number of rotatable bonds is 6. The minimum Gasteiger partial charge on any atom is -0.382 e. The van der Waals surface area contributed by atoms with Gasteiger partial charge in [-0.25, -0.2) is 0 Å². The summed E-state index contributed by atoms with van der Waals surface area (Å²) in [6.07, 6.45) is 1.34. The molecule has 2 amide bonds. The normalized spacial score (nSPS) is 17.6. The Hall–Kier alpha value is -2.18. The summed E-state index contributed by atoms with van der Waals surface area (Å²) in [6.45, 7) is 5.50. The van der Waals surface area contributed by atoms with Crippen molar-refractivity contribution in [3.05, 3.63) is 42.5 Å². The predicted molar refractivity (Wildman–Crippen MR) is 87.2 cm³/mol. The number of anilines is 1. The number of carbonyl (C=O) groups is 2. The molecule has 6 heteroatoms. The number of amides is 2. The van der Waals surface area contributed by atoms with E-state index in [1.54, 1.807) is 18.1 Å². The summed E-state index contributed by atoms with van der Waals surface area (Å²) in [5, 5.41) is 2.73. The van der Waals surface area contributed by atoms with Crippen LogP contribution in [0, 0.1) is 0 Å². The van der Waals surface area contributed by atoms with E-state index in [9.17, 15) is 9.59 Å². The number of hydrogen-bond donors (Lipinski definition) is 1. The Morgan fingerprint density at radius 3 is 3.00 bits per heavy atom. The molecule has 1 aliphatic heterocycles. The summed E-state index contributed by atoms with van der Waals surface area (Å²) < 4.78 is 10.6. The van der Waals surface area contributed by atoms with Gasteiger partial charge in [-0.1, -0.05) is 24.8 Å². The lowest BCUT2D eigenvalue weighted by Gasteiger charge is -2.32. The number of para-hydroxylation sites is 1. The van der Waals surface area contributed by atoms with Gasteiger partial charge in [-0.3, -0.25) is 9.59 Å². The average molecular weight is 318 g/mol. The van der Waals surface area contributed by atoms with Gasteiger partial charge in [0, 0.05) is 25.9 Å². The van der Waals surface area contributed by atoms with Crippen LogP contribution in [0.1, 0.15) is 5.56 Å². The monoisotopic (exact) mass is 318 g/mol. The van der Waals surface area contributed by atoms with Gasteiger partial charge in [0.15, 0.2) is 0 Å². The van der Waals surface area contributed by atoms with Crippen molar-refractivity contribution in [2.75, 3.05) is 38.7 Å². The Labute approximate surface area is 136 Å². The fourth-order valence-corrected chi connectivity index (χ4v) is 2.49. The number of nitrogens with one attached hydrogen (secondary N) is 1. The van der Waals surface area contributed by atoms with Crippen molar-refractivity contribution in [1.29, 1.82) is 0 Å². The SMILES string of the molecule is C=CC(=O)Nc1ccccc1CC(=O)N1CCO[C@H](COC)C1. The fourth-order valence-electron chi connectivity index (χ4n) is 2.49. The van der Waals surface area contributed by atoms with E-state index in [1.165, 1.54) is 6.08 Å². The van der Waals surface area contributed by atoms with E-state index in [2.05, 4.69) is 11.9 Å². The van der Waals surface area contributed by atoms with Crippen LogP contribution in [-0.4, -0.2) is 56.2 Å². The Morgan fingerprint density at radius 1 is 1.48 bits per heavy atom. The van der Waals surface area contributed by atoms with Crippen LogP contribution in [0.5, 0.6) is 0 Å². The number of carbonyl (C=O) groups excluding carboxylic acids is 2. The molecule has 6 nitrogen and oxygen atoms in total. The van der Waals surface area contributed by atoms with Gasteiger partial charge in [-0.2, -0.15) is 0 Å². The summed E-state index contributed by atoms with van der Waals surface area (Å²) in [5.74, 6) is -0.286. The van der Waals surface area contributed by atoms with Gasteiger partial charge in [0.25, 0.3) is 0 Å². The zero-order valence-corrected chi connectivity index (χ0v) is 13.3. The van der Waals surface area contributed by atoms with E-state index in [1.807, 2.05) is 18.2 Å². The number of morpholine rings is 1. The van der Waals surface area contributed by atoms with E-state index in [0.29, 0.717) is 32.0 Å². The van der Waals surface area contributed by atoms with Crippen LogP contribution in [0.25, 0.3) is 0 Å². The molecule has 1 N–H and O–H groups in total. The van der Waals surface area contributed by atoms with E-state index in [0.717, 1.165) is 5.56 Å². The lowest BCUT2D eigenvalue weighted by atomic mass is 10.1. The molecule has 1 fully saturated rings. The van der Waals surface area contributed by atoms with Crippen LogP contribution in [0.15, 0.2) is 36.9 Å². The summed E-state index contributed by atoms with van der Waals surface area (Å²) in [5.41, 5.74) is 1.41.